The van der Waals surface area contributed by atoms with E-state index in [-0.39, 0.29) is 32.0 Å². The van der Waals surface area contributed by atoms with Crippen LogP contribution < -0.4 is 5.32 Å². The zero-order valence-corrected chi connectivity index (χ0v) is 13.5. The third kappa shape index (κ3) is 4.78. The van der Waals surface area contributed by atoms with Crippen molar-refractivity contribution in [3.63, 3.8) is 0 Å². The van der Waals surface area contributed by atoms with Crippen molar-refractivity contribution in [1.29, 1.82) is 0 Å². The first kappa shape index (κ1) is 17.9. The van der Waals surface area contributed by atoms with Gasteiger partial charge in [0, 0.05) is 23.7 Å². The Labute approximate surface area is 137 Å². The summed E-state index contributed by atoms with van der Waals surface area (Å²) in [5, 5.41) is 12.0. The lowest BCUT2D eigenvalue weighted by molar-refractivity contribution is -0.222. The maximum atomic E-state index is 12.5. The van der Waals surface area contributed by atoms with Crippen LogP contribution in [0.3, 0.4) is 0 Å². The summed E-state index contributed by atoms with van der Waals surface area (Å²) in [4.78, 5) is 14.7. The van der Waals surface area contributed by atoms with Crippen LogP contribution in [0.2, 0.25) is 0 Å². The molecule has 2 N–H and O–H groups in total. The number of likely N-dealkylation sites (tertiary alicyclic amines) is 1. The molecule has 1 aliphatic rings. The molecule has 1 aromatic rings. The minimum atomic E-state index is -4.60. The molecule has 1 saturated heterocycles. The number of carbonyl (C=O) groups excluding carboxylic acids is 1. The number of urea groups is 1. The second-order valence-electron chi connectivity index (χ2n) is 5.47. The molecule has 1 heterocycles. The van der Waals surface area contributed by atoms with Gasteiger partial charge >= 0.3 is 12.2 Å². The highest BCUT2D eigenvalue weighted by Gasteiger charge is 2.44. The zero-order chi connectivity index (χ0) is 17.0. The number of halogens is 3. The Morgan fingerprint density at radius 1 is 1.39 bits per heavy atom. The van der Waals surface area contributed by atoms with E-state index in [1.165, 1.54) is 4.90 Å². The summed E-state index contributed by atoms with van der Waals surface area (Å²) >= 11 is 1.55. The first-order valence-electron chi connectivity index (χ1n) is 7.26. The van der Waals surface area contributed by atoms with Gasteiger partial charge in [-0.15, -0.1) is 11.8 Å². The van der Waals surface area contributed by atoms with Crippen LogP contribution in [-0.4, -0.2) is 47.7 Å². The van der Waals surface area contributed by atoms with E-state index in [2.05, 4.69) is 5.32 Å². The molecule has 0 aliphatic carbocycles. The predicted octanol–water partition coefficient (Wildman–Crippen LogP) is 3.58. The fourth-order valence-corrected chi connectivity index (χ4v) is 3.05. The fraction of sp³-hybridized carbons (Fsp3) is 0.533. The number of amides is 2. The van der Waals surface area contributed by atoms with Crippen molar-refractivity contribution in [3.8, 4) is 0 Å². The molecular weight excluding hydrogens is 329 g/mol. The summed E-state index contributed by atoms with van der Waals surface area (Å²) in [6.45, 7) is 0.401. The van der Waals surface area contributed by atoms with Gasteiger partial charge in [-0.3, -0.25) is 0 Å². The zero-order valence-electron chi connectivity index (χ0n) is 12.6. The quantitative estimate of drug-likeness (QED) is 0.821. The molecule has 128 valence electrons. The molecule has 1 fully saturated rings. The van der Waals surface area contributed by atoms with Gasteiger partial charge in [0.2, 0.25) is 0 Å². The molecule has 4 nitrogen and oxygen atoms in total. The Bertz CT molecular complexity index is 546. The van der Waals surface area contributed by atoms with Crippen LogP contribution in [0, 0.1) is 5.92 Å². The molecule has 1 unspecified atom stereocenters. The van der Waals surface area contributed by atoms with E-state index in [0.29, 0.717) is 5.69 Å². The van der Waals surface area contributed by atoms with Crippen LogP contribution in [0.5, 0.6) is 0 Å². The van der Waals surface area contributed by atoms with Crippen LogP contribution in [0.15, 0.2) is 29.2 Å². The average molecular weight is 348 g/mol. The summed E-state index contributed by atoms with van der Waals surface area (Å²) in [5.74, 6) is -0.848. The molecule has 2 amide bonds. The van der Waals surface area contributed by atoms with Gasteiger partial charge in [-0.2, -0.15) is 13.2 Å². The predicted molar refractivity (Wildman–Crippen MR) is 83.6 cm³/mol. The van der Waals surface area contributed by atoms with Crippen molar-refractivity contribution in [2.75, 3.05) is 24.7 Å². The summed E-state index contributed by atoms with van der Waals surface area (Å²) in [5.41, 5.74) is 0.652. The minimum Gasteiger partial charge on any atom is -0.383 e. The Morgan fingerprint density at radius 3 is 2.61 bits per heavy atom. The summed E-state index contributed by atoms with van der Waals surface area (Å²) < 4.78 is 37.5. The van der Waals surface area contributed by atoms with Crippen LogP contribution >= 0.6 is 11.8 Å². The molecular formula is C15H19F3N2O2S. The van der Waals surface area contributed by atoms with Gasteiger partial charge in [-0.05, 0) is 43.2 Å². The van der Waals surface area contributed by atoms with E-state index < -0.39 is 18.2 Å². The Hall–Kier alpha value is -1.41. The van der Waals surface area contributed by atoms with Gasteiger partial charge in [0.15, 0.2) is 6.10 Å². The van der Waals surface area contributed by atoms with E-state index in [0.717, 1.165) is 4.90 Å². The number of hydrogen-bond donors (Lipinski definition) is 2. The molecule has 1 aromatic carbocycles. The van der Waals surface area contributed by atoms with Crippen LogP contribution in [0.1, 0.15) is 12.8 Å². The summed E-state index contributed by atoms with van der Waals surface area (Å²) in [6.07, 6.45) is -4.71. The number of piperidine rings is 1. The maximum Gasteiger partial charge on any atom is 0.414 e. The van der Waals surface area contributed by atoms with Crippen molar-refractivity contribution in [2.24, 2.45) is 5.92 Å². The number of thioether (sulfide) groups is 1. The standard InChI is InChI=1S/C15H19F3N2O2S/c1-23-12-4-2-3-11(9-12)19-14(22)20-7-5-10(6-8-20)13(21)15(16,17)18/h2-4,9-10,13,21H,5-8H2,1H3,(H,19,22). The van der Waals surface area contributed by atoms with E-state index >= 15 is 0 Å². The summed E-state index contributed by atoms with van der Waals surface area (Å²) in [7, 11) is 0. The molecule has 2 rings (SSSR count). The number of benzene rings is 1. The first-order valence-corrected chi connectivity index (χ1v) is 8.48. The number of rotatable bonds is 3. The minimum absolute atomic E-state index is 0.138. The van der Waals surface area contributed by atoms with Gasteiger partial charge in [0.05, 0.1) is 0 Å². The number of nitrogens with zero attached hydrogens (tertiary/aromatic N) is 1. The van der Waals surface area contributed by atoms with E-state index in [1.807, 2.05) is 24.5 Å². The lowest BCUT2D eigenvalue weighted by Crippen LogP contribution is -2.46. The molecule has 0 saturated carbocycles. The molecule has 8 heteroatoms. The number of anilines is 1. The Balaban J connectivity index is 1.88. The smallest absolute Gasteiger partial charge is 0.383 e. The highest BCUT2D eigenvalue weighted by atomic mass is 32.2. The largest absolute Gasteiger partial charge is 0.414 e. The second kappa shape index (κ2) is 7.44. The molecule has 23 heavy (non-hydrogen) atoms. The number of aliphatic hydroxyl groups excluding tert-OH is 1. The third-order valence-electron chi connectivity index (χ3n) is 3.93. The Kier molecular flexibility index (Phi) is 5.80. The van der Waals surface area contributed by atoms with Crippen molar-refractivity contribution < 1.29 is 23.1 Å². The van der Waals surface area contributed by atoms with Crippen molar-refractivity contribution in [1.82, 2.24) is 4.90 Å². The van der Waals surface area contributed by atoms with Crippen molar-refractivity contribution in [2.45, 2.75) is 30.0 Å². The van der Waals surface area contributed by atoms with E-state index in [4.69, 9.17) is 0 Å². The number of alkyl halides is 3. The Morgan fingerprint density at radius 2 is 2.04 bits per heavy atom. The van der Waals surface area contributed by atoms with Gasteiger partial charge < -0.3 is 15.3 Å². The fourth-order valence-electron chi connectivity index (χ4n) is 2.59. The van der Waals surface area contributed by atoms with Gasteiger partial charge in [0.1, 0.15) is 0 Å². The number of aliphatic hydroxyl groups is 1. The number of hydrogen-bond acceptors (Lipinski definition) is 3. The monoisotopic (exact) mass is 348 g/mol. The van der Waals surface area contributed by atoms with Crippen LogP contribution in [0.25, 0.3) is 0 Å². The van der Waals surface area contributed by atoms with E-state index in [9.17, 15) is 23.1 Å². The average Bonchev–Trinajstić information content (AvgIpc) is 2.53. The highest BCUT2D eigenvalue weighted by Crippen LogP contribution is 2.31. The lowest BCUT2D eigenvalue weighted by Gasteiger charge is -2.34. The second-order valence-corrected chi connectivity index (χ2v) is 6.35. The van der Waals surface area contributed by atoms with Crippen molar-refractivity contribution in [3.05, 3.63) is 24.3 Å². The van der Waals surface area contributed by atoms with Gasteiger partial charge in [-0.25, -0.2) is 4.79 Å². The lowest BCUT2D eigenvalue weighted by atomic mass is 9.91. The number of carbonyl (C=O) groups is 1. The molecule has 0 spiro atoms. The topological polar surface area (TPSA) is 52.6 Å². The number of nitrogens with one attached hydrogen (secondary N) is 1. The molecule has 1 atom stereocenters. The third-order valence-corrected chi connectivity index (χ3v) is 4.66. The normalized spacial score (nSPS) is 17.9. The first-order chi connectivity index (χ1) is 10.8. The molecule has 0 bridgehead atoms. The van der Waals surface area contributed by atoms with E-state index in [1.54, 1.807) is 17.8 Å². The summed E-state index contributed by atoms with van der Waals surface area (Å²) in [6, 6.07) is 7.02. The SMILES string of the molecule is CSc1cccc(NC(=O)N2CCC(C(O)C(F)(F)F)CC2)c1. The van der Waals surface area contributed by atoms with Crippen molar-refractivity contribution >= 4 is 23.5 Å². The van der Waals surface area contributed by atoms with Crippen LogP contribution in [-0.2, 0) is 0 Å². The molecule has 0 aromatic heterocycles. The van der Waals surface area contributed by atoms with Crippen LogP contribution in [0.4, 0.5) is 23.7 Å². The molecule has 0 radical (unpaired) electrons. The maximum absolute atomic E-state index is 12.5. The van der Waals surface area contributed by atoms with Gasteiger partial charge in [-0.1, -0.05) is 6.07 Å². The highest BCUT2D eigenvalue weighted by molar-refractivity contribution is 7.98. The van der Waals surface area contributed by atoms with Gasteiger partial charge in [0.25, 0.3) is 0 Å². The molecule has 1 aliphatic heterocycles.